The van der Waals surface area contributed by atoms with Gasteiger partial charge in [-0.15, -0.1) is 6.58 Å². The summed E-state index contributed by atoms with van der Waals surface area (Å²) in [5, 5.41) is 10.2. The molecule has 0 aliphatic rings. The Labute approximate surface area is 102 Å². The summed E-state index contributed by atoms with van der Waals surface area (Å²) in [6, 6.07) is 1.83. The van der Waals surface area contributed by atoms with Crippen molar-refractivity contribution < 1.29 is 5.11 Å². The topological polar surface area (TPSA) is 33.1 Å². The van der Waals surface area contributed by atoms with E-state index >= 15 is 0 Å². The maximum Gasteiger partial charge on any atom is 0.135 e. The number of hydrogen-bond donors (Lipinski definition) is 1. The highest BCUT2D eigenvalue weighted by atomic mass is 127. The Morgan fingerprint density at radius 1 is 1.71 bits per heavy atom. The van der Waals surface area contributed by atoms with Crippen LogP contribution in [0.3, 0.4) is 0 Å². The molecule has 0 bridgehead atoms. The molecule has 76 valence electrons. The minimum Gasteiger partial charge on any atom is -0.388 e. The Balaban J connectivity index is 2.87. The standard InChI is InChI=1S/C10H11ClINO/c1-2-3-4-8(14)9-7(12)5-6-13-10(9)11/h2,5-6,8,14H,1,3-4H2. The lowest BCUT2D eigenvalue weighted by Crippen LogP contribution is -2.01. The number of hydrogen-bond acceptors (Lipinski definition) is 2. The third-order valence-electron chi connectivity index (χ3n) is 1.87. The van der Waals surface area contributed by atoms with Crippen LogP contribution in [0.2, 0.25) is 5.15 Å². The summed E-state index contributed by atoms with van der Waals surface area (Å²) in [5.74, 6) is 0. The summed E-state index contributed by atoms with van der Waals surface area (Å²) >= 11 is 8.04. The van der Waals surface area contributed by atoms with Gasteiger partial charge < -0.3 is 5.11 Å². The van der Waals surface area contributed by atoms with E-state index in [1.807, 2.05) is 6.07 Å². The number of nitrogens with zero attached hydrogens (tertiary/aromatic N) is 1. The molecule has 0 saturated heterocycles. The van der Waals surface area contributed by atoms with Crippen molar-refractivity contribution >= 4 is 34.2 Å². The second-order valence-corrected chi connectivity index (χ2v) is 4.40. The molecule has 0 amide bonds. The molecule has 1 aromatic rings. The number of aromatic nitrogens is 1. The van der Waals surface area contributed by atoms with Crippen LogP contribution >= 0.6 is 34.2 Å². The zero-order chi connectivity index (χ0) is 10.6. The molecule has 0 aliphatic heterocycles. The molecular formula is C10H11ClINO. The fourth-order valence-corrected chi connectivity index (χ4v) is 2.36. The van der Waals surface area contributed by atoms with Gasteiger partial charge in [0, 0.05) is 15.3 Å². The molecule has 1 unspecified atom stereocenters. The first kappa shape index (κ1) is 11.9. The van der Waals surface area contributed by atoms with E-state index in [4.69, 9.17) is 11.6 Å². The molecule has 0 radical (unpaired) electrons. The quantitative estimate of drug-likeness (QED) is 0.524. The van der Waals surface area contributed by atoms with Gasteiger partial charge in [-0.05, 0) is 41.5 Å². The van der Waals surface area contributed by atoms with E-state index in [-0.39, 0.29) is 0 Å². The van der Waals surface area contributed by atoms with E-state index in [0.717, 1.165) is 15.6 Å². The first-order valence-corrected chi connectivity index (χ1v) is 5.71. The Morgan fingerprint density at radius 3 is 3.00 bits per heavy atom. The van der Waals surface area contributed by atoms with Crippen molar-refractivity contribution in [3.8, 4) is 0 Å². The molecular weight excluding hydrogens is 312 g/mol. The van der Waals surface area contributed by atoms with Crippen molar-refractivity contribution in [2.24, 2.45) is 0 Å². The Kier molecular flexibility index (Phi) is 4.84. The van der Waals surface area contributed by atoms with Crippen LogP contribution in [0.5, 0.6) is 0 Å². The van der Waals surface area contributed by atoms with Gasteiger partial charge in [0.25, 0.3) is 0 Å². The van der Waals surface area contributed by atoms with Gasteiger partial charge in [-0.3, -0.25) is 0 Å². The Hall–Kier alpha value is -0.130. The monoisotopic (exact) mass is 323 g/mol. The molecule has 0 aromatic carbocycles. The van der Waals surface area contributed by atoms with Crippen molar-refractivity contribution in [2.75, 3.05) is 0 Å². The fourth-order valence-electron chi connectivity index (χ4n) is 1.14. The fraction of sp³-hybridized carbons (Fsp3) is 0.300. The molecule has 1 rings (SSSR count). The molecule has 1 N–H and O–H groups in total. The van der Waals surface area contributed by atoms with Crippen LogP contribution in [0.1, 0.15) is 24.5 Å². The van der Waals surface area contributed by atoms with E-state index in [0.29, 0.717) is 11.6 Å². The van der Waals surface area contributed by atoms with E-state index in [1.54, 1.807) is 12.3 Å². The van der Waals surface area contributed by atoms with Gasteiger partial charge in [-0.1, -0.05) is 17.7 Å². The van der Waals surface area contributed by atoms with Gasteiger partial charge in [0.15, 0.2) is 0 Å². The average Bonchev–Trinajstić information content (AvgIpc) is 2.14. The summed E-state index contributed by atoms with van der Waals surface area (Å²) in [6.07, 6.45) is 4.25. The third-order valence-corrected chi connectivity index (χ3v) is 3.11. The highest BCUT2D eigenvalue weighted by Gasteiger charge is 2.14. The zero-order valence-electron chi connectivity index (χ0n) is 7.58. The van der Waals surface area contributed by atoms with Crippen LogP contribution in [-0.4, -0.2) is 10.1 Å². The molecule has 1 aromatic heterocycles. The van der Waals surface area contributed by atoms with Crippen molar-refractivity contribution in [3.05, 3.63) is 39.2 Å². The third kappa shape index (κ3) is 2.93. The second kappa shape index (κ2) is 5.68. The van der Waals surface area contributed by atoms with Gasteiger partial charge in [0.2, 0.25) is 0 Å². The van der Waals surface area contributed by atoms with Gasteiger partial charge in [-0.25, -0.2) is 4.98 Å². The number of rotatable bonds is 4. The molecule has 1 atom stereocenters. The highest BCUT2D eigenvalue weighted by molar-refractivity contribution is 14.1. The van der Waals surface area contributed by atoms with Crippen LogP contribution in [0.15, 0.2) is 24.9 Å². The number of pyridine rings is 1. The van der Waals surface area contributed by atoms with Crippen LogP contribution in [0.25, 0.3) is 0 Å². The molecule has 1 heterocycles. The van der Waals surface area contributed by atoms with Gasteiger partial charge in [0.1, 0.15) is 5.15 Å². The van der Waals surface area contributed by atoms with Gasteiger partial charge in [0.05, 0.1) is 6.10 Å². The summed E-state index contributed by atoms with van der Waals surface area (Å²) < 4.78 is 0.944. The van der Waals surface area contributed by atoms with E-state index in [1.165, 1.54) is 0 Å². The predicted molar refractivity (Wildman–Crippen MR) is 66.4 cm³/mol. The normalized spacial score (nSPS) is 12.5. The van der Waals surface area contributed by atoms with E-state index in [2.05, 4.69) is 34.2 Å². The van der Waals surface area contributed by atoms with Crippen molar-refractivity contribution in [3.63, 3.8) is 0 Å². The van der Waals surface area contributed by atoms with E-state index < -0.39 is 6.10 Å². The van der Waals surface area contributed by atoms with Crippen LogP contribution in [0, 0.1) is 3.57 Å². The zero-order valence-corrected chi connectivity index (χ0v) is 10.5. The predicted octanol–water partition coefficient (Wildman–Crippen LogP) is 3.34. The molecule has 0 fully saturated rings. The Morgan fingerprint density at radius 2 is 2.43 bits per heavy atom. The molecule has 4 heteroatoms. The van der Waals surface area contributed by atoms with E-state index in [9.17, 15) is 5.11 Å². The number of allylic oxidation sites excluding steroid dienone is 1. The number of halogens is 2. The largest absolute Gasteiger partial charge is 0.388 e. The summed E-state index contributed by atoms with van der Waals surface area (Å²) in [6.45, 7) is 3.61. The number of aliphatic hydroxyl groups is 1. The molecule has 0 saturated carbocycles. The lowest BCUT2D eigenvalue weighted by Gasteiger charge is -2.12. The molecule has 2 nitrogen and oxygen atoms in total. The number of aliphatic hydroxyl groups excluding tert-OH is 1. The lowest BCUT2D eigenvalue weighted by atomic mass is 10.1. The first-order chi connectivity index (χ1) is 6.66. The summed E-state index contributed by atoms with van der Waals surface area (Å²) in [4.78, 5) is 3.94. The summed E-state index contributed by atoms with van der Waals surface area (Å²) in [7, 11) is 0. The average molecular weight is 324 g/mol. The Bertz CT molecular complexity index is 310. The molecule has 0 spiro atoms. The molecule has 14 heavy (non-hydrogen) atoms. The lowest BCUT2D eigenvalue weighted by molar-refractivity contribution is 0.167. The maximum absolute atomic E-state index is 9.84. The smallest absolute Gasteiger partial charge is 0.135 e. The van der Waals surface area contributed by atoms with Crippen LogP contribution in [-0.2, 0) is 0 Å². The summed E-state index contributed by atoms with van der Waals surface area (Å²) in [5.41, 5.74) is 0.719. The SMILES string of the molecule is C=CCCC(O)c1c(I)ccnc1Cl. The van der Waals surface area contributed by atoms with Crippen molar-refractivity contribution in [2.45, 2.75) is 18.9 Å². The van der Waals surface area contributed by atoms with Crippen LogP contribution in [0.4, 0.5) is 0 Å². The van der Waals surface area contributed by atoms with Gasteiger partial charge >= 0.3 is 0 Å². The minimum atomic E-state index is -0.555. The molecule has 0 aliphatic carbocycles. The minimum absolute atomic E-state index is 0.383. The van der Waals surface area contributed by atoms with Gasteiger partial charge in [-0.2, -0.15) is 0 Å². The second-order valence-electron chi connectivity index (χ2n) is 2.88. The maximum atomic E-state index is 9.84. The van der Waals surface area contributed by atoms with Crippen molar-refractivity contribution in [1.29, 1.82) is 0 Å². The first-order valence-electron chi connectivity index (χ1n) is 4.25. The highest BCUT2D eigenvalue weighted by Crippen LogP contribution is 2.28. The van der Waals surface area contributed by atoms with Crippen LogP contribution < -0.4 is 0 Å². The van der Waals surface area contributed by atoms with Crippen molar-refractivity contribution in [1.82, 2.24) is 4.98 Å².